The Morgan fingerprint density at radius 1 is 1.29 bits per heavy atom. The van der Waals surface area contributed by atoms with Crippen LogP contribution in [0.2, 0.25) is 5.02 Å². The van der Waals surface area contributed by atoms with Crippen LogP contribution in [0.1, 0.15) is 20.3 Å². The molecule has 2 rings (SSSR count). The van der Waals surface area contributed by atoms with Crippen molar-refractivity contribution >= 4 is 17.3 Å². The van der Waals surface area contributed by atoms with Crippen molar-refractivity contribution in [1.82, 2.24) is 5.32 Å². The highest BCUT2D eigenvalue weighted by Crippen LogP contribution is 2.39. The SMILES string of the molecule is COc1cc(N2CCC(CNC(C)C)C2)c(OC)cc1Cl. The molecule has 0 radical (unpaired) electrons. The van der Waals surface area contributed by atoms with Crippen LogP contribution in [0, 0.1) is 5.92 Å². The van der Waals surface area contributed by atoms with Crippen molar-refractivity contribution in [2.75, 3.05) is 38.8 Å². The minimum atomic E-state index is 0.532. The van der Waals surface area contributed by atoms with Gasteiger partial charge in [0.15, 0.2) is 0 Å². The molecule has 1 aromatic carbocycles. The monoisotopic (exact) mass is 312 g/mol. The standard InChI is InChI=1S/C16H25ClN2O2/c1-11(2)18-9-12-5-6-19(10-12)14-8-15(20-3)13(17)7-16(14)21-4/h7-8,11-12,18H,5-6,9-10H2,1-4H3. The smallest absolute Gasteiger partial charge is 0.143 e. The van der Waals surface area contributed by atoms with Gasteiger partial charge >= 0.3 is 0 Å². The van der Waals surface area contributed by atoms with E-state index >= 15 is 0 Å². The fourth-order valence-corrected chi connectivity index (χ4v) is 2.94. The summed E-state index contributed by atoms with van der Waals surface area (Å²) in [6, 6.07) is 4.33. The van der Waals surface area contributed by atoms with Crippen LogP contribution in [-0.4, -0.2) is 39.9 Å². The first-order chi connectivity index (χ1) is 10.0. The molecular weight excluding hydrogens is 288 g/mol. The van der Waals surface area contributed by atoms with Gasteiger partial charge in [-0.1, -0.05) is 25.4 Å². The molecule has 1 fully saturated rings. The van der Waals surface area contributed by atoms with Gasteiger partial charge in [-0.05, 0) is 18.9 Å². The Morgan fingerprint density at radius 3 is 2.62 bits per heavy atom. The number of hydrogen-bond acceptors (Lipinski definition) is 4. The lowest BCUT2D eigenvalue weighted by molar-refractivity contribution is 0.403. The van der Waals surface area contributed by atoms with E-state index in [1.165, 1.54) is 6.42 Å². The molecule has 1 N–H and O–H groups in total. The van der Waals surface area contributed by atoms with Crippen molar-refractivity contribution < 1.29 is 9.47 Å². The Balaban J connectivity index is 2.11. The Kier molecular flexibility index (Phi) is 5.59. The molecule has 1 atom stereocenters. The van der Waals surface area contributed by atoms with E-state index < -0.39 is 0 Å². The van der Waals surface area contributed by atoms with Crippen molar-refractivity contribution in [2.24, 2.45) is 5.92 Å². The van der Waals surface area contributed by atoms with E-state index in [1.54, 1.807) is 14.2 Å². The van der Waals surface area contributed by atoms with Gasteiger partial charge in [0.2, 0.25) is 0 Å². The second-order valence-electron chi connectivity index (χ2n) is 5.82. The quantitative estimate of drug-likeness (QED) is 0.875. The van der Waals surface area contributed by atoms with Gasteiger partial charge in [-0.15, -0.1) is 0 Å². The van der Waals surface area contributed by atoms with E-state index in [0.29, 0.717) is 22.7 Å². The Labute approximate surface area is 132 Å². The number of methoxy groups -OCH3 is 2. The molecule has 1 unspecified atom stereocenters. The summed E-state index contributed by atoms with van der Waals surface area (Å²) in [6.45, 7) is 7.48. The highest BCUT2D eigenvalue weighted by molar-refractivity contribution is 6.32. The largest absolute Gasteiger partial charge is 0.495 e. The predicted octanol–water partition coefficient (Wildman–Crippen LogP) is 3.18. The molecule has 0 aliphatic carbocycles. The summed E-state index contributed by atoms with van der Waals surface area (Å²) in [5.41, 5.74) is 1.06. The van der Waals surface area contributed by atoms with E-state index in [1.807, 2.05) is 12.1 Å². The van der Waals surface area contributed by atoms with Crippen molar-refractivity contribution in [1.29, 1.82) is 0 Å². The van der Waals surface area contributed by atoms with Gasteiger partial charge in [0, 0.05) is 31.3 Å². The molecule has 4 nitrogen and oxygen atoms in total. The predicted molar refractivity (Wildman–Crippen MR) is 88.0 cm³/mol. The number of benzene rings is 1. The van der Waals surface area contributed by atoms with Crippen molar-refractivity contribution in [3.63, 3.8) is 0 Å². The Bertz CT molecular complexity index is 480. The summed E-state index contributed by atoms with van der Waals surface area (Å²) in [6.07, 6.45) is 1.19. The van der Waals surface area contributed by atoms with Gasteiger partial charge in [-0.25, -0.2) is 0 Å². The summed E-state index contributed by atoms with van der Waals surface area (Å²) in [5, 5.41) is 4.09. The number of nitrogens with zero attached hydrogens (tertiary/aromatic N) is 1. The molecule has 0 aromatic heterocycles. The lowest BCUT2D eigenvalue weighted by Gasteiger charge is -2.23. The fraction of sp³-hybridized carbons (Fsp3) is 0.625. The molecule has 118 valence electrons. The maximum absolute atomic E-state index is 6.17. The third-order valence-corrected chi connectivity index (χ3v) is 4.19. The van der Waals surface area contributed by atoms with Crippen molar-refractivity contribution in [3.8, 4) is 11.5 Å². The van der Waals surface area contributed by atoms with E-state index in [0.717, 1.165) is 31.1 Å². The average molecular weight is 313 g/mol. The van der Waals surface area contributed by atoms with Gasteiger partial charge in [0.25, 0.3) is 0 Å². The van der Waals surface area contributed by atoms with Crippen LogP contribution in [0.3, 0.4) is 0 Å². The van der Waals surface area contributed by atoms with Gasteiger partial charge in [0.05, 0.1) is 24.9 Å². The summed E-state index contributed by atoms with van der Waals surface area (Å²) in [5.74, 6) is 2.16. The third-order valence-electron chi connectivity index (χ3n) is 3.89. The number of anilines is 1. The zero-order valence-corrected chi connectivity index (χ0v) is 14.0. The van der Waals surface area contributed by atoms with Crippen molar-refractivity contribution in [2.45, 2.75) is 26.3 Å². The summed E-state index contributed by atoms with van der Waals surface area (Å²) >= 11 is 6.17. The van der Waals surface area contributed by atoms with E-state index in [9.17, 15) is 0 Å². The second-order valence-corrected chi connectivity index (χ2v) is 6.23. The molecule has 1 aromatic rings. The maximum Gasteiger partial charge on any atom is 0.143 e. The van der Waals surface area contributed by atoms with Crippen LogP contribution >= 0.6 is 11.6 Å². The molecular formula is C16H25ClN2O2. The maximum atomic E-state index is 6.17. The number of ether oxygens (including phenoxy) is 2. The molecule has 1 aliphatic heterocycles. The first-order valence-corrected chi connectivity index (χ1v) is 7.82. The topological polar surface area (TPSA) is 33.7 Å². The molecule has 0 bridgehead atoms. The van der Waals surface area contributed by atoms with E-state index in [2.05, 4.69) is 24.1 Å². The molecule has 1 heterocycles. The molecule has 5 heteroatoms. The van der Waals surface area contributed by atoms with Crippen LogP contribution in [-0.2, 0) is 0 Å². The molecule has 1 aliphatic rings. The molecule has 0 spiro atoms. The van der Waals surface area contributed by atoms with E-state index in [-0.39, 0.29) is 0 Å². The lowest BCUT2D eigenvalue weighted by Crippen LogP contribution is -2.30. The highest BCUT2D eigenvalue weighted by Gasteiger charge is 2.25. The second kappa shape index (κ2) is 7.23. The first-order valence-electron chi connectivity index (χ1n) is 7.45. The van der Waals surface area contributed by atoms with Crippen LogP contribution < -0.4 is 19.7 Å². The van der Waals surface area contributed by atoms with Gasteiger partial charge in [-0.2, -0.15) is 0 Å². The molecule has 0 saturated carbocycles. The normalized spacial score (nSPS) is 18.4. The van der Waals surface area contributed by atoms with Crippen LogP contribution in [0.15, 0.2) is 12.1 Å². The van der Waals surface area contributed by atoms with Crippen LogP contribution in [0.4, 0.5) is 5.69 Å². The molecule has 1 saturated heterocycles. The highest BCUT2D eigenvalue weighted by atomic mass is 35.5. The van der Waals surface area contributed by atoms with Crippen molar-refractivity contribution in [3.05, 3.63) is 17.2 Å². The number of rotatable bonds is 6. The summed E-state index contributed by atoms with van der Waals surface area (Å²) in [4.78, 5) is 2.35. The first kappa shape index (κ1) is 16.2. The van der Waals surface area contributed by atoms with Gasteiger partial charge in [-0.3, -0.25) is 0 Å². The Morgan fingerprint density at radius 2 is 2.00 bits per heavy atom. The summed E-state index contributed by atoms with van der Waals surface area (Å²) < 4.78 is 10.8. The van der Waals surface area contributed by atoms with Crippen LogP contribution in [0.25, 0.3) is 0 Å². The van der Waals surface area contributed by atoms with Crippen LogP contribution in [0.5, 0.6) is 11.5 Å². The zero-order valence-electron chi connectivity index (χ0n) is 13.3. The van der Waals surface area contributed by atoms with Gasteiger partial charge < -0.3 is 19.7 Å². The van der Waals surface area contributed by atoms with Gasteiger partial charge in [0.1, 0.15) is 11.5 Å². The number of hydrogen-bond donors (Lipinski definition) is 1. The fourth-order valence-electron chi connectivity index (χ4n) is 2.71. The number of halogens is 1. The minimum Gasteiger partial charge on any atom is -0.495 e. The summed E-state index contributed by atoms with van der Waals surface area (Å²) in [7, 11) is 3.31. The Hall–Kier alpha value is -1.13. The molecule has 21 heavy (non-hydrogen) atoms. The molecule has 0 amide bonds. The average Bonchev–Trinajstić information content (AvgIpc) is 2.93. The van der Waals surface area contributed by atoms with E-state index in [4.69, 9.17) is 21.1 Å². The lowest BCUT2D eigenvalue weighted by atomic mass is 10.1. The number of nitrogens with one attached hydrogen (secondary N) is 1. The third kappa shape index (κ3) is 3.95. The minimum absolute atomic E-state index is 0.532. The zero-order chi connectivity index (χ0) is 15.4.